The fourth-order valence-corrected chi connectivity index (χ4v) is 2.38. The van der Waals surface area contributed by atoms with Crippen LogP contribution < -0.4 is 5.32 Å². The maximum atomic E-state index is 12.8. The van der Waals surface area contributed by atoms with Crippen LogP contribution in [-0.4, -0.2) is 22.6 Å². The Balaban J connectivity index is 1.40. The minimum atomic E-state index is -0.307. The molecule has 0 bridgehead atoms. The van der Waals surface area contributed by atoms with E-state index in [1.807, 2.05) is 30.3 Å². The number of halogens is 1. The van der Waals surface area contributed by atoms with Gasteiger partial charge in [0.1, 0.15) is 5.82 Å². The molecule has 0 atom stereocenters. The van der Waals surface area contributed by atoms with Crippen molar-refractivity contribution in [1.82, 2.24) is 15.5 Å². The monoisotopic (exact) mass is 339 g/mol. The molecule has 0 saturated carbocycles. The highest BCUT2D eigenvalue weighted by Gasteiger charge is 2.08. The average molecular weight is 339 g/mol. The van der Waals surface area contributed by atoms with Crippen LogP contribution in [-0.2, 0) is 17.6 Å². The van der Waals surface area contributed by atoms with Gasteiger partial charge in [0.15, 0.2) is 0 Å². The molecule has 0 radical (unpaired) electrons. The highest BCUT2D eigenvalue weighted by atomic mass is 19.1. The standard InChI is InChI=1S/C19H18FN3O2/c20-16-10-8-14(9-11-16)13-17(24)21-12-4-7-18-22-19(23-25-18)15-5-2-1-3-6-15/h1-3,5-6,8-11H,4,7,12-13H2,(H,21,24). The number of carbonyl (C=O) groups excluding carboxylic acids is 1. The quantitative estimate of drug-likeness (QED) is 0.671. The van der Waals surface area contributed by atoms with Gasteiger partial charge < -0.3 is 9.84 Å². The molecule has 1 heterocycles. The highest BCUT2D eigenvalue weighted by molar-refractivity contribution is 5.78. The zero-order valence-corrected chi connectivity index (χ0v) is 13.6. The van der Waals surface area contributed by atoms with Crippen molar-refractivity contribution in [2.45, 2.75) is 19.3 Å². The molecule has 2 aromatic carbocycles. The number of nitrogens with zero attached hydrogens (tertiary/aromatic N) is 2. The summed E-state index contributed by atoms with van der Waals surface area (Å²) in [4.78, 5) is 16.2. The molecular weight excluding hydrogens is 321 g/mol. The third-order valence-electron chi connectivity index (χ3n) is 3.67. The minimum absolute atomic E-state index is 0.0953. The van der Waals surface area contributed by atoms with Crippen molar-refractivity contribution in [1.29, 1.82) is 0 Å². The van der Waals surface area contributed by atoms with Crippen LogP contribution >= 0.6 is 0 Å². The molecule has 0 unspecified atom stereocenters. The number of nitrogens with one attached hydrogen (secondary N) is 1. The fourth-order valence-electron chi connectivity index (χ4n) is 2.38. The first kappa shape index (κ1) is 16.8. The summed E-state index contributed by atoms with van der Waals surface area (Å²) in [6, 6.07) is 15.5. The molecule has 0 aliphatic rings. The first-order chi connectivity index (χ1) is 12.2. The van der Waals surface area contributed by atoms with Gasteiger partial charge in [0.05, 0.1) is 6.42 Å². The van der Waals surface area contributed by atoms with Crippen LogP contribution in [0.25, 0.3) is 11.4 Å². The topological polar surface area (TPSA) is 68.0 Å². The molecule has 3 aromatic rings. The van der Waals surface area contributed by atoms with Crippen LogP contribution in [0.5, 0.6) is 0 Å². The number of benzene rings is 2. The van der Waals surface area contributed by atoms with E-state index in [1.165, 1.54) is 12.1 Å². The van der Waals surface area contributed by atoms with Crippen molar-refractivity contribution in [2.24, 2.45) is 0 Å². The number of rotatable bonds is 7. The van der Waals surface area contributed by atoms with E-state index in [0.29, 0.717) is 31.1 Å². The van der Waals surface area contributed by atoms with Crippen LogP contribution in [0.3, 0.4) is 0 Å². The molecule has 25 heavy (non-hydrogen) atoms. The molecule has 128 valence electrons. The van der Waals surface area contributed by atoms with E-state index in [4.69, 9.17) is 4.52 Å². The molecule has 0 aliphatic carbocycles. The van der Waals surface area contributed by atoms with Crippen LogP contribution in [0, 0.1) is 5.82 Å². The second kappa shape index (κ2) is 8.19. The van der Waals surface area contributed by atoms with Gasteiger partial charge in [0, 0.05) is 18.5 Å². The predicted octanol–water partition coefficient (Wildman–Crippen LogP) is 3.17. The summed E-state index contributed by atoms with van der Waals surface area (Å²) < 4.78 is 18.0. The highest BCUT2D eigenvalue weighted by Crippen LogP contribution is 2.15. The lowest BCUT2D eigenvalue weighted by atomic mass is 10.1. The van der Waals surface area contributed by atoms with E-state index in [9.17, 15) is 9.18 Å². The number of aromatic nitrogens is 2. The summed E-state index contributed by atoms with van der Waals surface area (Å²) in [5.41, 5.74) is 1.69. The Morgan fingerprint density at radius 3 is 2.60 bits per heavy atom. The summed E-state index contributed by atoms with van der Waals surface area (Å²) >= 11 is 0. The third kappa shape index (κ3) is 4.97. The van der Waals surface area contributed by atoms with Crippen molar-refractivity contribution < 1.29 is 13.7 Å². The van der Waals surface area contributed by atoms with Crippen LogP contribution in [0.15, 0.2) is 59.1 Å². The van der Waals surface area contributed by atoms with Crippen molar-refractivity contribution in [3.05, 3.63) is 71.9 Å². The van der Waals surface area contributed by atoms with Crippen LogP contribution in [0.4, 0.5) is 4.39 Å². The van der Waals surface area contributed by atoms with Gasteiger partial charge in [-0.25, -0.2) is 4.39 Å². The number of amides is 1. The van der Waals surface area contributed by atoms with Gasteiger partial charge in [-0.05, 0) is 24.1 Å². The third-order valence-corrected chi connectivity index (χ3v) is 3.67. The average Bonchev–Trinajstić information content (AvgIpc) is 3.10. The van der Waals surface area contributed by atoms with Gasteiger partial charge in [-0.3, -0.25) is 4.79 Å². The van der Waals surface area contributed by atoms with Crippen molar-refractivity contribution >= 4 is 5.91 Å². The van der Waals surface area contributed by atoms with Gasteiger partial charge in [-0.1, -0.05) is 47.6 Å². The molecule has 0 aliphatic heterocycles. The fraction of sp³-hybridized carbons (Fsp3) is 0.211. The van der Waals surface area contributed by atoms with Crippen LogP contribution in [0.1, 0.15) is 17.9 Å². The lowest BCUT2D eigenvalue weighted by Crippen LogP contribution is -2.26. The largest absolute Gasteiger partial charge is 0.356 e. The molecule has 5 nitrogen and oxygen atoms in total. The maximum Gasteiger partial charge on any atom is 0.227 e. The second-order valence-corrected chi connectivity index (χ2v) is 5.63. The molecule has 1 N–H and O–H groups in total. The normalized spacial score (nSPS) is 10.6. The first-order valence-corrected chi connectivity index (χ1v) is 8.10. The summed E-state index contributed by atoms with van der Waals surface area (Å²) in [6.45, 7) is 0.517. The van der Waals surface area contributed by atoms with Gasteiger partial charge in [0.2, 0.25) is 17.6 Å². The van der Waals surface area contributed by atoms with E-state index in [1.54, 1.807) is 12.1 Å². The molecule has 3 rings (SSSR count). The van der Waals surface area contributed by atoms with E-state index in [-0.39, 0.29) is 18.1 Å². The minimum Gasteiger partial charge on any atom is -0.356 e. The molecule has 0 spiro atoms. The summed E-state index contributed by atoms with van der Waals surface area (Å²) in [5, 5.41) is 6.79. The SMILES string of the molecule is O=C(Cc1ccc(F)cc1)NCCCc1nc(-c2ccccc2)no1. The van der Waals surface area contributed by atoms with E-state index in [2.05, 4.69) is 15.5 Å². The molecule has 6 heteroatoms. The number of aryl methyl sites for hydroxylation is 1. The van der Waals surface area contributed by atoms with E-state index < -0.39 is 0 Å². The molecule has 0 saturated heterocycles. The summed E-state index contributed by atoms with van der Waals surface area (Å²) in [5.74, 6) is 0.711. The van der Waals surface area contributed by atoms with Crippen molar-refractivity contribution in [3.63, 3.8) is 0 Å². The first-order valence-electron chi connectivity index (χ1n) is 8.10. The van der Waals surface area contributed by atoms with E-state index >= 15 is 0 Å². The van der Waals surface area contributed by atoms with Gasteiger partial charge in [-0.2, -0.15) is 4.98 Å². The lowest BCUT2D eigenvalue weighted by Gasteiger charge is -2.04. The molecule has 1 amide bonds. The summed E-state index contributed by atoms with van der Waals surface area (Å²) in [6.07, 6.45) is 1.53. The Hall–Kier alpha value is -3.02. The second-order valence-electron chi connectivity index (χ2n) is 5.63. The Kier molecular flexibility index (Phi) is 5.51. The number of carbonyl (C=O) groups is 1. The molecule has 0 fully saturated rings. The lowest BCUT2D eigenvalue weighted by molar-refractivity contribution is -0.120. The van der Waals surface area contributed by atoms with Gasteiger partial charge in [-0.15, -0.1) is 0 Å². The maximum absolute atomic E-state index is 12.8. The van der Waals surface area contributed by atoms with Gasteiger partial charge in [0.25, 0.3) is 0 Å². The molecular formula is C19H18FN3O2. The van der Waals surface area contributed by atoms with Crippen molar-refractivity contribution in [3.8, 4) is 11.4 Å². The zero-order valence-electron chi connectivity index (χ0n) is 13.6. The number of hydrogen-bond acceptors (Lipinski definition) is 4. The van der Waals surface area contributed by atoms with Crippen LogP contribution in [0.2, 0.25) is 0 Å². The van der Waals surface area contributed by atoms with E-state index in [0.717, 1.165) is 11.1 Å². The Morgan fingerprint density at radius 1 is 1.08 bits per heavy atom. The predicted molar refractivity (Wildman–Crippen MR) is 91.2 cm³/mol. The number of hydrogen-bond donors (Lipinski definition) is 1. The smallest absolute Gasteiger partial charge is 0.227 e. The van der Waals surface area contributed by atoms with Gasteiger partial charge >= 0.3 is 0 Å². The Labute approximate surface area is 144 Å². The molecule has 1 aromatic heterocycles. The Morgan fingerprint density at radius 2 is 1.84 bits per heavy atom. The summed E-state index contributed by atoms with van der Waals surface area (Å²) in [7, 11) is 0. The zero-order chi connectivity index (χ0) is 17.5. The van der Waals surface area contributed by atoms with Crippen molar-refractivity contribution in [2.75, 3.05) is 6.54 Å². The Bertz CT molecular complexity index is 816.